The fourth-order valence-electron chi connectivity index (χ4n) is 6.55. The summed E-state index contributed by atoms with van der Waals surface area (Å²) < 4.78 is 0. The maximum atomic E-state index is 11.7. The second-order valence-corrected chi connectivity index (χ2v) is 10.8. The van der Waals surface area contributed by atoms with E-state index in [1.807, 2.05) is 36.4 Å². The zero-order valence-corrected chi connectivity index (χ0v) is 23.1. The number of aromatic carboxylic acids is 2. The molecule has 1 aliphatic rings. The second kappa shape index (κ2) is 10.3. The van der Waals surface area contributed by atoms with E-state index in [2.05, 4.69) is 72.8 Å². The summed E-state index contributed by atoms with van der Waals surface area (Å²) >= 11 is 0. The predicted molar refractivity (Wildman–Crippen MR) is 169 cm³/mol. The van der Waals surface area contributed by atoms with Crippen LogP contribution in [-0.4, -0.2) is 22.2 Å². The van der Waals surface area contributed by atoms with Gasteiger partial charge in [-0.25, -0.2) is 9.59 Å². The maximum absolute atomic E-state index is 11.7. The minimum Gasteiger partial charge on any atom is -0.478 e. The Morgan fingerprint density at radius 1 is 0.419 bits per heavy atom. The molecule has 2 N–H and O–H groups in total. The Labute approximate surface area is 249 Å². The van der Waals surface area contributed by atoms with Crippen LogP contribution in [0.3, 0.4) is 0 Å². The van der Waals surface area contributed by atoms with Crippen molar-refractivity contribution in [2.75, 3.05) is 0 Å². The van der Waals surface area contributed by atoms with Crippen molar-refractivity contribution in [1.29, 1.82) is 0 Å². The van der Waals surface area contributed by atoms with Gasteiger partial charge in [-0.2, -0.15) is 0 Å². The number of carbonyl (C=O) groups is 2. The third-order valence-electron chi connectivity index (χ3n) is 8.43. The van der Waals surface area contributed by atoms with Gasteiger partial charge in [0.05, 0.1) is 16.5 Å². The van der Waals surface area contributed by atoms with E-state index in [-0.39, 0.29) is 11.1 Å². The van der Waals surface area contributed by atoms with Crippen molar-refractivity contribution in [3.8, 4) is 33.4 Å². The zero-order chi connectivity index (χ0) is 29.6. The molecule has 0 saturated carbocycles. The highest BCUT2D eigenvalue weighted by molar-refractivity contribution is 5.91. The molecule has 0 bridgehead atoms. The highest BCUT2D eigenvalue weighted by Gasteiger charge is 2.46. The summed E-state index contributed by atoms with van der Waals surface area (Å²) in [6.07, 6.45) is 0. The predicted octanol–water partition coefficient (Wildman–Crippen LogP) is 8.78. The van der Waals surface area contributed by atoms with Gasteiger partial charge in [-0.15, -0.1) is 0 Å². The molecule has 0 unspecified atom stereocenters. The normalized spacial score (nSPS) is 12.7. The molecule has 0 atom stereocenters. The molecule has 4 heteroatoms. The molecule has 0 radical (unpaired) electrons. The number of benzene rings is 6. The quantitative estimate of drug-likeness (QED) is 0.214. The fourth-order valence-corrected chi connectivity index (χ4v) is 6.55. The van der Waals surface area contributed by atoms with Crippen molar-refractivity contribution < 1.29 is 19.8 Å². The molecule has 4 nitrogen and oxygen atoms in total. The number of hydrogen-bond acceptors (Lipinski definition) is 2. The van der Waals surface area contributed by atoms with E-state index in [0.29, 0.717) is 0 Å². The molecule has 0 aliphatic heterocycles. The van der Waals surface area contributed by atoms with Crippen molar-refractivity contribution in [2.24, 2.45) is 0 Å². The van der Waals surface area contributed by atoms with Gasteiger partial charge >= 0.3 is 11.9 Å². The first kappa shape index (κ1) is 26.2. The molecular formula is C39H26O4. The smallest absolute Gasteiger partial charge is 0.335 e. The lowest BCUT2D eigenvalue weighted by Gasteiger charge is -2.34. The molecule has 43 heavy (non-hydrogen) atoms. The molecule has 7 rings (SSSR count). The number of fused-ring (bicyclic) bond motifs is 3. The van der Waals surface area contributed by atoms with Gasteiger partial charge in [0.15, 0.2) is 0 Å². The molecule has 1 aliphatic carbocycles. The molecule has 0 spiro atoms. The number of carboxylic acids is 2. The van der Waals surface area contributed by atoms with Crippen molar-refractivity contribution in [1.82, 2.24) is 0 Å². The summed E-state index contributed by atoms with van der Waals surface area (Å²) in [6, 6.07) is 47.7. The van der Waals surface area contributed by atoms with Gasteiger partial charge in [0, 0.05) is 0 Å². The molecule has 0 heterocycles. The van der Waals surface area contributed by atoms with Gasteiger partial charge in [-0.3, -0.25) is 0 Å². The van der Waals surface area contributed by atoms with Gasteiger partial charge in [0.25, 0.3) is 0 Å². The van der Waals surface area contributed by atoms with Crippen LogP contribution < -0.4 is 0 Å². The van der Waals surface area contributed by atoms with E-state index >= 15 is 0 Å². The highest BCUT2D eigenvalue weighted by Crippen LogP contribution is 2.56. The molecule has 0 amide bonds. The third-order valence-corrected chi connectivity index (χ3v) is 8.43. The molecule has 0 aromatic heterocycles. The van der Waals surface area contributed by atoms with Crippen molar-refractivity contribution in [3.63, 3.8) is 0 Å². The van der Waals surface area contributed by atoms with Gasteiger partial charge in [0.2, 0.25) is 0 Å². The molecule has 0 saturated heterocycles. The summed E-state index contributed by atoms with van der Waals surface area (Å²) in [7, 11) is 0. The Balaban J connectivity index is 1.51. The largest absolute Gasteiger partial charge is 0.478 e. The van der Waals surface area contributed by atoms with E-state index in [0.717, 1.165) is 55.6 Å². The number of hydrogen-bond donors (Lipinski definition) is 2. The SMILES string of the molecule is O=C(O)c1cccc(-c2cccc(C3(c4cccc(-c5cccc(C(=O)O)c5)c4)c4ccccc4-c4ccccc43)c2)c1. The Morgan fingerprint density at radius 3 is 1.21 bits per heavy atom. The van der Waals surface area contributed by atoms with Crippen molar-refractivity contribution in [2.45, 2.75) is 5.41 Å². The van der Waals surface area contributed by atoms with E-state index in [1.165, 1.54) is 0 Å². The minimum atomic E-state index is -0.961. The Kier molecular flexibility index (Phi) is 6.25. The highest BCUT2D eigenvalue weighted by atomic mass is 16.4. The van der Waals surface area contributed by atoms with Crippen molar-refractivity contribution >= 4 is 11.9 Å². The van der Waals surface area contributed by atoms with E-state index in [4.69, 9.17) is 0 Å². The fraction of sp³-hybridized carbons (Fsp3) is 0.0256. The first-order valence-corrected chi connectivity index (χ1v) is 14.0. The van der Waals surface area contributed by atoms with Crippen LogP contribution in [0.5, 0.6) is 0 Å². The Hall–Kier alpha value is -5.74. The van der Waals surface area contributed by atoms with Crippen LogP contribution >= 0.6 is 0 Å². The summed E-state index contributed by atoms with van der Waals surface area (Å²) in [5, 5.41) is 19.3. The second-order valence-electron chi connectivity index (χ2n) is 10.8. The lowest BCUT2D eigenvalue weighted by atomic mass is 9.67. The van der Waals surface area contributed by atoms with E-state index in [1.54, 1.807) is 36.4 Å². The average molecular weight is 559 g/mol. The van der Waals surface area contributed by atoms with E-state index in [9.17, 15) is 19.8 Å². The number of carboxylic acid groups (broad SMARTS) is 2. The van der Waals surface area contributed by atoms with Crippen LogP contribution in [-0.2, 0) is 5.41 Å². The lowest BCUT2D eigenvalue weighted by molar-refractivity contribution is 0.0686. The lowest BCUT2D eigenvalue weighted by Crippen LogP contribution is -2.28. The summed E-state index contributed by atoms with van der Waals surface area (Å²) in [5.74, 6) is -1.92. The van der Waals surface area contributed by atoms with E-state index < -0.39 is 17.4 Å². The average Bonchev–Trinajstić information content (AvgIpc) is 3.36. The summed E-state index contributed by atoms with van der Waals surface area (Å²) in [5.41, 5.74) is 10.1. The van der Waals surface area contributed by atoms with Crippen LogP contribution in [0.1, 0.15) is 43.0 Å². The van der Waals surface area contributed by atoms with Crippen molar-refractivity contribution in [3.05, 3.63) is 179 Å². The van der Waals surface area contributed by atoms with Gasteiger partial charge in [-0.1, -0.05) is 109 Å². The van der Waals surface area contributed by atoms with Crippen LogP contribution in [0.15, 0.2) is 146 Å². The first-order chi connectivity index (χ1) is 21.0. The molecule has 0 fully saturated rings. The number of rotatable bonds is 6. The minimum absolute atomic E-state index is 0.241. The maximum Gasteiger partial charge on any atom is 0.335 e. The Bertz CT molecular complexity index is 1910. The molecule has 206 valence electrons. The van der Waals surface area contributed by atoms with Gasteiger partial charge in [-0.05, 0) is 92.0 Å². The van der Waals surface area contributed by atoms with Crippen LogP contribution in [0.4, 0.5) is 0 Å². The molecule has 6 aromatic rings. The first-order valence-electron chi connectivity index (χ1n) is 14.0. The molecule has 6 aromatic carbocycles. The standard InChI is InChI=1S/C39H26O4/c40-37(41)29-13-5-9-25(21-29)27-11-7-15-31(23-27)39(35-19-3-1-17-33(35)34-18-2-4-20-36(34)39)32-16-8-12-28(24-32)26-10-6-14-30(22-26)38(42)43/h1-24H,(H,40,41)(H,42,43). The summed E-state index contributed by atoms with van der Waals surface area (Å²) in [4.78, 5) is 23.5. The van der Waals surface area contributed by atoms with Crippen LogP contribution in [0.2, 0.25) is 0 Å². The third kappa shape index (κ3) is 4.23. The zero-order valence-electron chi connectivity index (χ0n) is 23.1. The molecular weight excluding hydrogens is 532 g/mol. The monoisotopic (exact) mass is 558 g/mol. The van der Waals surface area contributed by atoms with Gasteiger partial charge < -0.3 is 10.2 Å². The topological polar surface area (TPSA) is 74.6 Å². The Morgan fingerprint density at radius 2 is 0.791 bits per heavy atom. The van der Waals surface area contributed by atoms with Crippen LogP contribution in [0.25, 0.3) is 33.4 Å². The van der Waals surface area contributed by atoms with Crippen LogP contribution in [0, 0.1) is 0 Å². The summed E-state index contributed by atoms with van der Waals surface area (Å²) in [6.45, 7) is 0. The van der Waals surface area contributed by atoms with Gasteiger partial charge in [0.1, 0.15) is 0 Å².